The number of aryl methyl sites for hydroxylation is 2. The van der Waals surface area contributed by atoms with Crippen molar-refractivity contribution in [2.24, 2.45) is 13.0 Å². The molecule has 3 unspecified atom stereocenters. The lowest BCUT2D eigenvalue weighted by atomic mass is 9.99. The largest absolute Gasteiger partial charge is 0.375 e. The van der Waals surface area contributed by atoms with E-state index in [4.69, 9.17) is 4.74 Å². The summed E-state index contributed by atoms with van der Waals surface area (Å²) in [4.78, 5) is 0. The Morgan fingerprint density at radius 2 is 2.05 bits per heavy atom. The third-order valence-electron chi connectivity index (χ3n) is 4.80. The molecule has 0 amide bonds. The molecule has 3 rings (SSSR count). The summed E-state index contributed by atoms with van der Waals surface area (Å²) in [6, 6.07) is 0. The fraction of sp³-hybridized carbons (Fsp3) is 0.800. The van der Waals surface area contributed by atoms with Crippen molar-refractivity contribution in [1.82, 2.24) is 14.5 Å². The van der Waals surface area contributed by atoms with Crippen LogP contribution in [0.2, 0.25) is 0 Å². The molecular weight excluding hydrogens is 302 g/mol. The third kappa shape index (κ3) is 2.94. The Kier molecular flexibility index (Phi) is 4.31. The quantitative estimate of drug-likeness (QED) is 0.907. The van der Waals surface area contributed by atoms with Crippen LogP contribution in [0.15, 0.2) is 5.03 Å². The molecule has 0 saturated carbocycles. The average Bonchev–Trinajstić information content (AvgIpc) is 2.95. The van der Waals surface area contributed by atoms with E-state index in [0.717, 1.165) is 43.4 Å². The molecule has 124 valence electrons. The van der Waals surface area contributed by atoms with Crippen molar-refractivity contribution >= 4 is 10.0 Å². The third-order valence-corrected chi connectivity index (χ3v) is 6.36. The lowest BCUT2D eigenvalue weighted by Crippen LogP contribution is -2.33. The molecule has 1 fully saturated rings. The first-order valence-electron chi connectivity index (χ1n) is 8.08. The second-order valence-corrected chi connectivity index (χ2v) is 8.24. The second-order valence-electron chi connectivity index (χ2n) is 6.56. The highest BCUT2D eigenvalue weighted by atomic mass is 32.2. The molecule has 1 N–H and O–H groups in total. The Morgan fingerprint density at radius 3 is 2.73 bits per heavy atom. The van der Waals surface area contributed by atoms with E-state index >= 15 is 0 Å². The summed E-state index contributed by atoms with van der Waals surface area (Å²) >= 11 is 0. The van der Waals surface area contributed by atoms with Crippen LogP contribution in [0.25, 0.3) is 0 Å². The molecule has 1 aromatic heterocycles. The number of aromatic nitrogens is 2. The van der Waals surface area contributed by atoms with Gasteiger partial charge in [-0.25, -0.2) is 13.1 Å². The van der Waals surface area contributed by atoms with Gasteiger partial charge in [-0.15, -0.1) is 0 Å². The van der Waals surface area contributed by atoms with E-state index in [1.807, 2.05) is 13.8 Å². The van der Waals surface area contributed by atoms with Crippen molar-refractivity contribution in [3.05, 3.63) is 11.3 Å². The van der Waals surface area contributed by atoms with Crippen molar-refractivity contribution in [3.63, 3.8) is 0 Å². The fourth-order valence-corrected chi connectivity index (χ4v) is 5.18. The first-order chi connectivity index (χ1) is 10.4. The van der Waals surface area contributed by atoms with Gasteiger partial charge in [0.2, 0.25) is 0 Å². The highest BCUT2D eigenvalue weighted by Crippen LogP contribution is 2.28. The molecule has 1 aliphatic heterocycles. The number of nitrogens with one attached hydrogen (secondary N) is 1. The van der Waals surface area contributed by atoms with Crippen molar-refractivity contribution in [2.75, 3.05) is 6.54 Å². The number of sulfonamides is 1. The van der Waals surface area contributed by atoms with Crippen LogP contribution in [0.4, 0.5) is 0 Å². The molecule has 0 aromatic carbocycles. The maximum Gasteiger partial charge on any atom is 0.258 e. The van der Waals surface area contributed by atoms with Crippen molar-refractivity contribution in [1.29, 1.82) is 0 Å². The second kappa shape index (κ2) is 5.94. The first kappa shape index (κ1) is 16.0. The molecule has 0 radical (unpaired) electrons. The predicted octanol–water partition coefficient (Wildman–Crippen LogP) is 1.39. The number of ether oxygens (including phenoxy) is 1. The van der Waals surface area contributed by atoms with Gasteiger partial charge in [0.05, 0.1) is 17.9 Å². The number of hydrogen-bond acceptors (Lipinski definition) is 4. The Morgan fingerprint density at radius 1 is 1.32 bits per heavy atom. The van der Waals surface area contributed by atoms with Crippen LogP contribution in [-0.2, 0) is 34.6 Å². The molecule has 6 nitrogen and oxygen atoms in total. The number of rotatable bonds is 4. The van der Waals surface area contributed by atoms with Crippen molar-refractivity contribution < 1.29 is 13.2 Å². The van der Waals surface area contributed by atoms with E-state index in [-0.39, 0.29) is 18.1 Å². The Hall–Kier alpha value is -0.920. The minimum Gasteiger partial charge on any atom is -0.375 e. The molecule has 1 aliphatic carbocycles. The van der Waals surface area contributed by atoms with Crippen LogP contribution in [0.5, 0.6) is 0 Å². The zero-order valence-corrected chi connectivity index (χ0v) is 14.3. The van der Waals surface area contributed by atoms with E-state index in [1.54, 1.807) is 7.05 Å². The van der Waals surface area contributed by atoms with Gasteiger partial charge in [0.15, 0.2) is 5.03 Å². The molecule has 3 atom stereocenters. The normalized spacial score (nSPS) is 28.8. The van der Waals surface area contributed by atoms with Crippen molar-refractivity contribution in [2.45, 2.75) is 63.2 Å². The van der Waals surface area contributed by atoms with Gasteiger partial charge in [0, 0.05) is 25.1 Å². The van der Waals surface area contributed by atoms with Gasteiger partial charge in [0.25, 0.3) is 10.0 Å². The van der Waals surface area contributed by atoms with Crippen LogP contribution >= 0.6 is 0 Å². The van der Waals surface area contributed by atoms with Gasteiger partial charge >= 0.3 is 0 Å². The number of nitrogens with zero attached hydrogens (tertiary/aromatic N) is 2. The molecule has 2 aliphatic rings. The van der Waals surface area contributed by atoms with Gasteiger partial charge in [-0.2, -0.15) is 5.10 Å². The zero-order valence-electron chi connectivity index (χ0n) is 13.5. The Labute approximate surface area is 132 Å². The van der Waals surface area contributed by atoms with Gasteiger partial charge in [0.1, 0.15) is 0 Å². The minimum atomic E-state index is -3.52. The van der Waals surface area contributed by atoms with Gasteiger partial charge in [-0.3, -0.25) is 4.68 Å². The van der Waals surface area contributed by atoms with E-state index in [2.05, 4.69) is 9.82 Å². The van der Waals surface area contributed by atoms with Gasteiger partial charge in [-0.05, 0) is 46.0 Å². The van der Waals surface area contributed by atoms with Crippen LogP contribution in [0, 0.1) is 5.92 Å². The minimum absolute atomic E-state index is 0.0955. The molecular formula is C15H25N3O3S. The molecule has 1 aromatic rings. The Balaban J connectivity index is 1.77. The van der Waals surface area contributed by atoms with E-state index in [1.165, 1.54) is 4.68 Å². The van der Waals surface area contributed by atoms with Crippen LogP contribution in [0.3, 0.4) is 0 Å². The molecule has 1 saturated heterocycles. The molecule has 0 bridgehead atoms. The number of fused-ring (bicyclic) bond motifs is 1. The zero-order chi connectivity index (χ0) is 15.9. The summed E-state index contributed by atoms with van der Waals surface area (Å²) < 4.78 is 35.4. The van der Waals surface area contributed by atoms with Gasteiger partial charge < -0.3 is 4.74 Å². The van der Waals surface area contributed by atoms with Crippen LogP contribution in [-0.4, -0.2) is 37.0 Å². The monoisotopic (exact) mass is 327 g/mol. The molecule has 0 spiro atoms. The highest BCUT2D eigenvalue weighted by Gasteiger charge is 2.33. The molecule has 7 heteroatoms. The standard InChI is InChI=1S/C15H25N3O3S/c1-10-8-12(11(2)21-10)9-16-22(19,20)15-13-6-4-5-7-14(13)17-18(15)3/h10-12,16H,4-9H2,1-3H3. The topological polar surface area (TPSA) is 73.2 Å². The van der Waals surface area contributed by atoms with Crippen LogP contribution in [0.1, 0.15) is 44.4 Å². The maximum atomic E-state index is 12.7. The first-order valence-corrected chi connectivity index (χ1v) is 9.56. The lowest BCUT2D eigenvalue weighted by molar-refractivity contribution is 0.0566. The summed E-state index contributed by atoms with van der Waals surface area (Å²) in [5, 5.41) is 4.75. The van der Waals surface area contributed by atoms with E-state index < -0.39 is 10.0 Å². The highest BCUT2D eigenvalue weighted by molar-refractivity contribution is 7.89. The van der Waals surface area contributed by atoms with E-state index in [9.17, 15) is 8.42 Å². The number of hydrogen-bond donors (Lipinski definition) is 1. The molecule has 22 heavy (non-hydrogen) atoms. The van der Waals surface area contributed by atoms with Crippen molar-refractivity contribution in [3.8, 4) is 0 Å². The summed E-state index contributed by atoms with van der Waals surface area (Å²) in [6.07, 6.45) is 5.00. The Bertz CT molecular complexity index is 653. The summed E-state index contributed by atoms with van der Waals surface area (Å²) in [5.41, 5.74) is 1.85. The fourth-order valence-electron chi connectivity index (χ4n) is 3.67. The maximum absolute atomic E-state index is 12.7. The summed E-state index contributed by atoms with van der Waals surface area (Å²) in [6.45, 7) is 4.46. The van der Waals surface area contributed by atoms with E-state index in [0.29, 0.717) is 11.6 Å². The smallest absolute Gasteiger partial charge is 0.258 e. The molecule has 2 heterocycles. The summed E-state index contributed by atoms with van der Waals surface area (Å²) in [7, 11) is -1.80. The predicted molar refractivity (Wildman–Crippen MR) is 83.2 cm³/mol. The average molecular weight is 327 g/mol. The van der Waals surface area contributed by atoms with Gasteiger partial charge in [-0.1, -0.05) is 0 Å². The lowest BCUT2D eigenvalue weighted by Gasteiger charge is -2.16. The SMILES string of the molecule is CC1CC(CNS(=O)(=O)c2c3c(nn2C)CCCC3)C(C)O1. The summed E-state index contributed by atoms with van der Waals surface area (Å²) in [5.74, 6) is 0.230. The van der Waals surface area contributed by atoms with Crippen LogP contribution < -0.4 is 4.72 Å².